The summed E-state index contributed by atoms with van der Waals surface area (Å²) in [4.78, 5) is 31.1. The number of carbonyl (C=O) groups excluding carboxylic acids is 1. The molecule has 0 atom stereocenters. The highest BCUT2D eigenvalue weighted by Gasteiger charge is 2.17. The molecule has 0 spiro atoms. The molecule has 0 aliphatic rings. The van der Waals surface area contributed by atoms with E-state index in [1.165, 1.54) is 13.0 Å². The molecule has 0 aromatic heterocycles. The van der Waals surface area contributed by atoms with E-state index >= 15 is 0 Å². The number of carbonyl (C=O) groups is 2. The van der Waals surface area contributed by atoms with Crippen LogP contribution < -0.4 is 0 Å². The minimum Gasteiger partial charge on any atom is -0.481 e. The zero-order valence-corrected chi connectivity index (χ0v) is 8.47. The Morgan fingerprint density at radius 2 is 2.19 bits per heavy atom. The number of rotatable bonds is 4. The second-order valence-electron chi connectivity index (χ2n) is 3.27. The number of benzene rings is 1. The van der Waals surface area contributed by atoms with E-state index in [-0.39, 0.29) is 28.8 Å². The highest BCUT2D eigenvalue weighted by atomic mass is 16.6. The Morgan fingerprint density at radius 1 is 1.56 bits per heavy atom. The van der Waals surface area contributed by atoms with Crippen LogP contribution in [0.15, 0.2) is 12.1 Å². The third kappa shape index (κ3) is 2.41. The molecule has 0 unspecified atom stereocenters. The summed E-state index contributed by atoms with van der Waals surface area (Å²) in [6.07, 6.45) is 0.117. The maximum atomic E-state index is 10.7. The van der Waals surface area contributed by atoms with Gasteiger partial charge in [0.15, 0.2) is 0 Å². The minimum atomic E-state index is -1.10. The number of aldehydes is 1. The molecule has 0 amide bonds. The molecule has 0 aliphatic heterocycles. The fraction of sp³-hybridized carbons (Fsp3) is 0.200. The van der Waals surface area contributed by atoms with Gasteiger partial charge < -0.3 is 5.11 Å². The zero-order valence-electron chi connectivity index (χ0n) is 8.47. The summed E-state index contributed by atoms with van der Waals surface area (Å²) in [6.45, 7) is 1.46. The first-order valence-electron chi connectivity index (χ1n) is 4.40. The Bertz CT molecular complexity index is 467. The normalized spacial score (nSPS) is 9.81. The van der Waals surface area contributed by atoms with E-state index in [9.17, 15) is 19.7 Å². The van der Waals surface area contributed by atoms with E-state index in [0.717, 1.165) is 6.07 Å². The Balaban J connectivity index is 3.36. The van der Waals surface area contributed by atoms with Crippen LogP contribution in [0.3, 0.4) is 0 Å². The summed E-state index contributed by atoms with van der Waals surface area (Å²) < 4.78 is 0. The summed E-state index contributed by atoms with van der Waals surface area (Å²) >= 11 is 0. The van der Waals surface area contributed by atoms with Gasteiger partial charge in [0.1, 0.15) is 6.29 Å². The summed E-state index contributed by atoms with van der Waals surface area (Å²) in [5.41, 5.74) is 0.427. The lowest BCUT2D eigenvalue weighted by molar-refractivity contribution is -0.385. The monoisotopic (exact) mass is 223 g/mol. The molecule has 1 aromatic rings. The summed E-state index contributed by atoms with van der Waals surface area (Å²) in [5, 5.41) is 19.3. The number of aliphatic carboxylic acids is 1. The van der Waals surface area contributed by atoms with Crippen LogP contribution in [-0.4, -0.2) is 22.3 Å². The number of nitrogens with zero attached hydrogens (tertiary/aromatic N) is 1. The van der Waals surface area contributed by atoms with Crippen LogP contribution in [0.5, 0.6) is 0 Å². The van der Waals surface area contributed by atoms with Crippen molar-refractivity contribution in [1.82, 2.24) is 0 Å². The van der Waals surface area contributed by atoms with E-state index in [4.69, 9.17) is 5.11 Å². The first-order chi connectivity index (χ1) is 7.45. The smallest absolute Gasteiger partial charge is 0.307 e. The van der Waals surface area contributed by atoms with Crippen LogP contribution >= 0.6 is 0 Å². The van der Waals surface area contributed by atoms with E-state index in [1.807, 2.05) is 0 Å². The van der Waals surface area contributed by atoms with Gasteiger partial charge in [0.25, 0.3) is 5.69 Å². The maximum absolute atomic E-state index is 10.7. The van der Waals surface area contributed by atoms with Crippen LogP contribution in [0, 0.1) is 17.0 Å². The van der Waals surface area contributed by atoms with Crippen molar-refractivity contribution in [2.75, 3.05) is 0 Å². The van der Waals surface area contributed by atoms with E-state index in [1.54, 1.807) is 0 Å². The molecule has 0 aliphatic carbocycles. The molecule has 0 heterocycles. The van der Waals surface area contributed by atoms with Crippen molar-refractivity contribution in [3.63, 3.8) is 0 Å². The highest BCUT2D eigenvalue weighted by Crippen LogP contribution is 2.23. The Hall–Kier alpha value is -2.24. The van der Waals surface area contributed by atoms with E-state index < -0.39 is 10.9 Å². The lowest BCUT2D eigenvalue weighted by Crippen LogP contribution is -2.05. The molecule has 6 heteroatoms. The molecule has 0 saturated heterocycles. The summed E-state index contributed by atoms with van der Waals surface area (Å²) in [7, 11) is 0. The molecule has 1 rings (SSSR count). The van der Waals surface area contributed by atoms with Crippen molar-refractivity contribution in [3.05, 3.63) is 38.9 Å². The fourth-order valence-electron chi connectivity index (χ4n) is 1.39. The van der Waals surface area contributed by atoms with Crippen molar-refractivity contribution >= 4 is 17.9 Å². The van der Waals surface area contributed by atoms with Crippen LogP contribution in [0.4, 0.5) is 5.69 Å². The number of nitro benzene ring substituents is 1. The molecular formula is C10H9NO5. The maximum Gasteiger partial charge on any atom is 0.307 e. The average molecular weight is 223 g/mol. The van der Waals surface area contributed by atoms with Crippen molar-refractivity contribution in [1.29, 1.82) is 0 Å². The molecule has 0 radical (unpaired) electrons. The van der Waals surface area contributed by atoms with Crippen LogP contribution in [-0.2, 0) is 11.2 Å². The molecule has 1 N–H and O–H groups in total. The molecular weight excluding hydrogens is 214 g/mol. The number of hydrogen-bond acceptors (Lipinski definition) is 4. The Morgan fingerprint density at radius 3 is 2.62 bits per heavy atom. The molecule has 84 valence electrons. The standard InChI is InChI=1S/C10H9NO5/c1-6-8(4-10(13)14)2-7(5-12)3-9(6)11(15)16/h2-3,5H,4H2,1H3,(H,13,14). The lowest BCUT2D eigenvalue weighted by atomic mass is 10.0. The van der Waals surface area contributed by atoms with Crippen molar-refractivity contribution in [3.8, 4) is 0 Å². The Kier molecular flexibility index (Phi) is 3.34. The van der Waals surface area contributed by atoms with E-state index in [2.05, 4.69) is 0 Å². The first-order valence-corrected chi connectivity index (χ1v) is 4.40. The SMILES string of the molecule is Cc1c(CC(=O)O)cc(C=O)cc1[N+](=O)[O-]. The lowest BCUT2D eigenvalue weighted by Gasteiger charge is -2.05. The van der Waals surface area contributed by atoms with Crippen LogP contribution in [0.25, 0.3) is 0 Å². The number of hydrogen-bond donors (Lipinski definition) is 1. The quantitative estimate of drug-likeness (QED) is 0.472. The summed E-state index contributed by atoms with van der Waals surface area (Å²) in [6, 6.07) is 2.48. The van der Waals surface area contributed by atoms with E-state index in [0.29, 0.717) is 6.29 Å². The largest absolute Gasteiger partial charge is 0.481 e. The minimum absolute atomic E-state index is 0.105. The number of carboxylic acid groups (broad SMARTS) is 1. The molecule has 1 aromatic carbocycles. The predicted octanol–water partition coefficient (Wildman–Crippen LogP) is 1.34. The molecule has 6 nitrogen and oxygen atoms in total. The predicted molar refractivity (Wildman–Crippen MR) is 54.6 cm³/mol. The van der Waals surface area contributed by atoms with Crippen LogP contribution in [0.1, 0.15) is 21.5 Å². The zero-order chi connectivity index (χ0) is 12.3. The first kappa shape index (κ1) is 11.8. The van der Waals surface area contributed by atoms with Gasteiger partial charge >= 0.3 is 5.97 Å². The van der Waals surface area contributed by atoms with Crippen molar-refractivity contribution in [2.45, 2.75) is 13.3 Å². The van der Waals surface area contributed by atoms with Gasteiger partial charge in [-0.3, -0.25) is 19.7 Å². The second kappa shape index (κ2) is 4.52. The molecule has 0 bridgehead atoms. The average Bonchev–Trinajstić information content (AvgIpc) is 2.19. The molecule has 16 heavy (non-hydrogen) atoms. The van der Waals surface area contributed by atoms with Gasteiger partial charge in [-0.05, 0) is 18.6 Å². The van der Waals surface area contributed by atoms with Crippen molar-refractivity contribution in [2.24, 2.45) is 0 Å². The number of carboxylic acids is 1. The molecule has 0 fully saturated rings. The van der Waals surface area contributed by atoms with Gasteiger partial charge in [0.05, 0.1) is 11.3 Å². The van der Waals surface area contributed by atoms with Crippen molar-refractivity contribution < 1.29 is 19.6 Å². The highest BCUT2D eigenvalue weighted by molar-refractivity contribution is 5.79. The van der Waals surface area contributed by atoms with Gasteiger partial charge in [-0.15, -0.1) is 0 Å². The fourth-order valence-corrected chi connectivity index (χ4v) is 1.39. The third-order valence-corrected chi connectivity index (χ3v) is 2.18. The van der Waals surface area contributed by atoms with Gasteiger partial charge in [-0.2, -0.15) is 0 Å². The van der Waals surface area contributed by atoms with Gasteiger partial charge in [0.2, 0.25) is 0 Å². The topological polar surface area (TPSA) is 97.5 Å². The van der Waals surface area contributed by atoms with Gasteiger partial charge in [-0.25, -0.2) is 0 Å². The second-order valence-corrected chi connectivity index (χ2v) is 3.27. The van der Waals surface area contributed by atoms with Crippen LogP contribution in [0.2, 0.25) is 0 Å². The van der Waals surface area contributed by atoms with Gasteiger partial charge in [0, 0.05) is 17.2 Å². The third-order valence-electron chi connectivity index (χ3n) is 2.18. The van der Waals surface area contributed by atoms with Gasteiger partial charge in [-0.1, -0.05) is 0 Å². The number of nitro groups is 1. The molecule has 0 saturated carbocycles. The Labute approximate surface area is 90.7 Å². The summed E-state index contributed by atoms with van der Waals surface area (Å²) in [5.74, 6) is -1.10.